The zero-order chi connectivity index (χ0) is 21.3. The van der Waals surface area contributed by atoms with Gasteiger partial charge in [-0.25, -0.2) is 4.68 Å². The number of anilines is 2. The van der Waals surface area contributed by atoms with E-state index < -0.39 is 6.04 Å². The van der Waals surface area contributed by atoms with Crippen LogP contribution in [0.1, 0.15) is 36.6 Å². The molecule has 2 aromatic carbocycles. The van der Waals surface area contributed by atoms with Gasteiger partial charge in [-0.2, -0.15) is 10.1 Å². The Balaban J connectivity index is 1.77. The third-order valence-electron chi connectivity index (χ3n) is 5.38. The summed E-state index contributed by atoms with van der Waals surface area (Å²) in [6, 6.07) is 13.2. The Morgan fingerprint density at radius 3 is 2.80 bits per heavy atom. The molecule has 0 radical (unpaired) electrons. The number of carbonyl (C=O) groups is 1. The van der Waals surface area contributed by atoms with Gasteiger partial charge in [-0.3, -0.25) is 4.79 Å². The second-order valence-corrected chi connectivity index (χ2v) is 7.30. The lowest BCUT2D eigenvalue weighted by molar-refractivity contribution is -0.113. The van der Waals surface area contributed by atoms with Gasteiger partial charge < -0.3 is 15.4 Å². The van der Waals surface area contributed by atoms with Crippen LogP contribution in [0.3, 0.4) is 0 Å². The molecule has 0 saturated carbocycles. The van der Waals surface area contributed by atoms with Crippen molar-refractivity contribution in [2.75, 3.05) is 17.2 Å². The van der Waals surface area contributed by atoms with Crippen LogP contribution < -0.4 is 15.4 Å². The van der Waals surface area contributed by atoms with Gasteiger partial charge in [0.2, 0.25) is 5.95 Å². The second-order valence-electron chi connectivity index (χ2n) is 7.30. The van der Waals surface area contributed by atoms with Crippen molar-refractivity contribution in [3.05, 3.63) is 76.8 Å². The molecule has 2 heterocycles. The van der Waals surface area contributed by atoms with E-state index in [1.807, 2.05) is 70.2 Å². The summed E-state index contributed by atoms with van der Waals surface area (Å²) >= 11 is 0. The Kier molecular flexibility index (Phi) is 5.27. The normalized spacial score (nSPS) is 15.4. The first-order chi connectivity index (χ1) is 14.5. The standard InChI is InChI=1S/C23H25N5O2/c1-5-30-18-10-7-9-17(12-18)21-20(16(4)26-23-24-13-25-28(21)23)22(29)27-19-11-6-8-14(2)15(19)3/h6-13,21H,5H2,1-4H3,(H,27,29)(H,24,25,26). The molecule has 0 spiro atoms. The first-order valence-corrected chi connectivity index (χ1v) is 9.97. The number of allylic oxidation sites excluding steroid dienone is 1. The number of aromatic nitrogens is 3. The predicted molar refractivity (Wildman–Crippen MR) is 117 cm³/mol. The maximum absolute atomic E-state index is 13.5. The monoisotopic (exact) mass is 403 g/mol. The number of ether oxygens (including phenoxy) is 1. The van der Waals surface area contributed by atoms with Crippen LogP contribution in [-0.4, -0.2) is 27.3 Å². The van der Waals surface area contributed by atoms with Crippen molar-refractivity contribution in [1.29, 1.82) is 0 Å². The summed E-state index contributed by atoms with van der Waals surface area (Å²) < 4.78 is 7.41. The van der Waals surface area contributed by atoms with Gasteiger partial charge in [0.1, 0.15) is 18.1 Å². The van der Waals surface area contributed by atoms with Crippen molar-refractivity contribution in [2.24, 2.45) is 0 Å². The summed E-state index contributed by atoms with van der Waals surface area (Å²) in [5.74, 6) is 1.17. The molecule has 0 saturated heterocycles. The molecule has 3 aromatic rings. The average molecular weight is 403 g/mol. The maximum Gasteiger partial charge on any atom is 0.255 e. The highest BCUT2D eigenvalue weighted by atomic mass is 16.5. The molecule has 0 bridgehead atoms. The number of nitrogens with zero attached hydrogens (tertiary/aromatic N) is 3. The number of fused-ring (bicyclic) bond motifs is 1. The zero-order valence-corrected chi connectivity index (χ0v) is 17.6. The number of hydrogen-bond donors (Lipinski definition) is 2. The molecule has 1 aliphatic rings. The zero-order valence-electron chi connectivity index (χ0n) is 17.6. The van der Waals surface area contributed by atoms with E-state index in [0.29, 0.717) is 18.1 Å². The Morgan fingerprint density at radius 2 is 2.00 bits per heavy atom. The van der Waals surface area contributed by atoms with E-state index in [4.69, 9.17) is 4.74 Å². The third-order valence-corrected chi connectivity index (χ3v) is 5.38. The first kappa shape index (κ1) is 19.7. The minimum Gasteiger partial charge on any atom is -0.494 e. The topological polar surface area (TPSA) is 81.1 Å². The SMILES string of the molecule is CCOc1cccc(C2C(C(=O)Nc3cccc(C)c3C)=C(C)Nc3ncnn32)c1. The second kappa shape index (κ2) is 8.02. The molecule has 154 valence electrons. The highest BCUT2D eigenvalue weighted by Crippen LogP contribution is 2.36. The van der Waals surface area contributed by atoms with Gasteiger partial charge in [-0.1, -0.05) is 24.3 Å². The summed E-state index contributed by atoms with van der Waals surface area (Å²) in [4.78, 5) is 17.8. The fourth-order valence-electron chi connectivity index (χ4n) is 3.71. The van der Waals surface area contributed by atoms with Crippen molar-refractivity contribution in [2.45, 2.75) is 33.7 Å². The van der Waals surface area contributed by atoms with Crippen LogP contribution in [0.4, 0.5) is 11.6 Å². The molecule has 1 aromatic heterocycles. The van der Waals surface area contributed by atoms with Crippen molar-refractivity contribution < 1.29 is 9.53 Å². The van der Waals surface area contributed by atoms with Crippen LogP contribution in [0.2, 0.25) is 0 Å². The molecule has 2 N–H and O–H groups in total. The van der Waals surface area contributed by atoms with Gasteiger partial charge in [0.05, 0.1) is 12.2 Å². The molecule has 0 aliphatic carbocycles. The van der Waals surface area contributed by atoms with Crippen LogP contribution in [0.5, 0.6) is 5.75 Å². The summed E-state index contributed by atoms with van der Waals surface area (Å²) in [5.41, 5.74) is 5.20. The van der Waals surface area contributed by atoms with E-state index in [1.165, 1.54) is 6.33 Å². The van der Waals surface area contributed by atoms with Gasteiger partial charge in [0.25, 0.3) is 5.91 Å². The lowest BCUT2D eigenvalue weighted by Crippen LogP contribution is -2.31. The lowest BCUT2D eigenvalue weighted by Gasteiger charge is -2.29. The number of benzene rings is 2. The molecule has 1 unspecified atom stereocenters. The Hall–Kier alpha value is -3.61. The van der Waals surface area contributed by atoms with Crippen LogP contribution in [-0.2, 0) is 4.79 Å². The number of hydrogen-bond acceptors (Lipinski definition) is 5. The number of carbonyl (C=O) groups excluding carboxylic acids is 1. The van der Waals surface area contributed by atoms with E-state index in [9.17, 15) is 4.79 Å². The molecule has 1 amide bonds. The van der Waals surface area contributed by atoms with Crippen molar-refractivity contribution in [1.82, 2.24) is 14.8 Å². The van der Waals surface area contributed by atoms with E-state index in [-0.39, 0.29) is 5.91 Å². The van der Waals surface area contributed by atoms with Crippen molar-refractivity contribution in [3.63, 3.8) is 0 Å². The first-order valence-electron chi connectivity index (χ1n) is 9.97. The molecular weight excluding hydrogens is 378 g/mol. The Morgan fingerprint density at radius 1 is 1.20 bits per heavy atom. The fourth-order valence-corrected chi connectivity index (χ4v) is 3.71. The van der Waals surface area contributed by atoms with Gasteiger partial charge >= 0.3 is 0 Å². The smallest absolute Gasteiger partial charge is 0.255 e. The van der Waals surface area contributed by atoms with Crippen molar-refractivity contribution >= 4 is 17.5 Å². The lowest BCUT2D eigenvalue weighted by atomic mass is 9.94. The molecular formula is C23H25N5O2. The number of rotatable bonds is 5. The van der Waals surface area contributed by atoms with Crippen LogP contribution >= 0.6 is 0 Å². The van der Waals surface area contributed by atoms with Crippen LogP contribution in [0.15, 0.2) is 60.1 Å². The molecule has 4 rings (SSSR count). The summed E-state index contributed by atoms with van der Waals surface area (Å²) in [7, 11) is 0. The summed E-state index contributed by atoms with van der Waals surface area (Å²) in [6.45, 7) is 8.43. The number of nitrogens with one attached hydrogen (secondary N) is 2. The van der Waals surface area contributed by atoms with Gasteiger partial charge in [-0.15, -0.1) is 0 Å². The quantitative estimate of drug-likeness (QED) is 0.667. The van der Waals surface area contributed by atoms with Crippen LogP contribution in [0, 0.1) is 13.8 Å². The summed E-state index contributed by atoms with van der Waals surface area (Å²) in [5, 5.41) is 10.7. The Bertz CT molecular complexity index is 1130. The van der Waals surface area contributed by atoms with E-state index in [2.05, 4.69) is 20.7 Å². The average Bonchev–Trinajstić information content (AvgIpc) is 3.18. The third kappa shape index (κ3) is 3.54. The maximum atomic E-state index is 13.5. The molecule has 7 heteroatoms. The fraction of sp³-hybridized carbons (Fsp3) is 0.261. The molecule has 30 heavy (non-hydrogen) atoms. The molecule has 7 nitrogen and oxygen atoms in total. The Labute approximate surface area is 175 Å². The largest absolute Gasteiger partial charge is 0.494 e. The highest BCUT2D eigenvalue weighted by molar-refractivity contribution is 6.06. The van der Waals surface area contributed by atoms with Gasteiger partial charge in [-0.05, 0) is 62.6 Å². The predicted octanol–water partition coefficient (Wildman–Crippen LogP) is 4.22. The van der Waals surface area contributed by atoms with Gasteiger partial charge in [0, 0.05) is 11.4 Å². The molecule has 0 fully saturated rings. The molecule has 1 aliphatic heterocycles. The number of aryl methyl sites for hydroxylation is 1. The van der Waals surface area contributed by atoms with E-state index in [0.717, 1.165) is 33.8 Å². The van der Waals surface area contributed by atoms with E-state index >= 15 is 0 Å². The summed E-state index contributed by atoms with van der Waals surface area (Å²) in [6.07, 6.45) is 1.49. The minimum atomic E-state index is -0.422. The van der Waals surface area contributed by atoms with Crippen molar-refractivity contribution in [3.8, 4) is 5.75 Å². The number of amides is 1. The van der Waals surface area contributed by atoms with Gasteiger partial charge in [0.15, 0.2) is 0 Å². The highest BCUT2D eigenvalue weighted by Gasteiger charge is 2.33. The minimum absolute atomic E-state index is 0.179. The van der Waals surface area contributed by atoms with Crippen LogP contribution in [0.25, 0.3) is 0 Å². The van der Waals surface area contributed by atoms with E-state index in [1.54, 1.807) is 4.68 Å². The molecule has 1 atom stereocenters.